The van der Waals surface area contributed by atoms with Gasteiger partial charge in [0.2, 0.25) is 0 Å². The molecule has 0 atom stereocenters. The fraction of sp³-hybridized carbons (Fsp3) is 0.0390. The molecule has 3 heteroatoms. The van der Waals surface area contributed by atoms with Gasteiger partial charge in [0.25, 0.3) is 0 Å². The molecule has 0 amide bonds. The van der Waals surface area contributed by atoms with Gasteiger partial charge in [-0.05, 0) is 192 Å². The molecule has 0 saturated carbocycles. The Morgan fingerprint density at radius 3 is 1.23 bits per heavy atom. The minimum absolute atomic E-state index is 0.0966. The van der Waals surface area contributed by atoms with Crippen LogP contribution in [0.1, 0.15) is 25.0 Å². The minimum atomic E-state index is -0.0966. The summed E-state index contributed by atoms with van der Waals surface area (Å²) >= 11 is 0. The van der Waals surface area contributed by atoms with Crippen LogP contribution in [0.4, 0.5) is 0 Å². The second-order valence-corrected chi connectivity index (χ2v) is 22.9. The van der Waals surface area contributed by atoms with Crippen LogP contribution in [0.25, 0.3) is 159 Å². The molecule has 0 fully saturated rings. The summed E-state index contributed by atoms with van der Waals surface area (Å²) in [5, 5.41) is 15.1. The lowest BCUT2D eigenvalue weighted by Crippen LogP contribution is -2.14. The van der Waals surface area contributed by atoms with Gasteiger partial charge in [0, 0.05) is 59.9 Å². The number of aromatic nitrogens is 3. The fourth-order valence-corrected chi connectivity index (χ4v) is 14.5. The summed E-state index contributed by atoms with van der Waals surface area (Å²) in [6, 6.07) is 98.1. The van der Waals surface area contributed by atoms with Crippen molar-refractivity contribution < 1.29 is 0 Å². The zero-order valence-corrected chi connectivity index (χ0v) is 44.2. The van der Waals surface area contributed by atoms with E-state index in [2.05, 4.69) is 288 Å². The lowest BCUT2D eigenvalue weighted by Gasteiger charge is -2.22. The molecule has 3 nitrogen and oxygen atoms in total. The molecule has 0 unspecified atom stereocenters. The highest BCUT2D eigenvalue weighted by Crippen LogP contribution is 2.51. The number of nitrogens with zero attached hydrogens (tertiary/aromatic N) is 3. The van der Waals surface area contributed by atoms with Crippen molar-refractivity contribution in [2.75, 3.05) is 0 Å². The molecule has 17 aromatic rings. The Kier molecular flexibility index (Phi) is 8.74. The first-order valence-electron chi connectivity index (χ1n) is 28.0. The molecule has 4 heterocycles. The lowest BCUT2D eigenvalue weighted by molar-refractivity contribution is 0.660. The molecule has 80 heavy (non-hydrogen) atoms. The molecule has 372 valence electrons. The molecule has 1 aliphatic rings. The van der Waals surface area contributed by atoms with E-state index < -0.39 is 0 Å². The fourth-order valence-electron chi connectivity index (χ4n) is 14.5. The Morgan fingerprint density at radius 1 is 0.250 bits per heavy atom. The van der Waals surface area contributed by atoms with Gasteiger partial charge in [0.05, 0.1) is 38.6 Å². The largest absolute Gasteiger partial charge is 0.309 e. The van der Waals surface area contributed by atoms with Crippen LogP contribution in [-0.2, 0) is 5.41 Å². The van der Waals surface area contributed by atoms with Crippen LogP contribution in [0.5, 0.6) is 0 Å². The van der Waals surface area contributed by atoms with Gasteiger partial charge in [0.1, 0.15) is 0 Å². The average Bonchev–Trinajstić information content (AvgIpc) is 4.44. The second-order valence-electron chi connectivity index (χ2n) is 22.9. The van der Waals surface area contributed by atoms with Crippen molar-refractivity contribution in [2.45, 2.75) is 19.3 Å². The number of para-hydroxylation sites is 4. The van der Waals surface area contributed by atoms with Crippen molar-refractivity contribution in [1.29, 1.82) is 0 Å². The molecule has 13 aromatic carbocycles. The van der Waals surface area contributed by atoms with Gasteiger partial charge in [-0.3, -0.25) is 0 Å². The van der Waals surface area contributed by atoms with Crippen LogP contribution in [0, 0.1) is 0 Å². The van der Waals surface area contributed by atoms with Gasteiger partial charge in [-0.25, -0.2) is 0 Å². The molecule has 0 saturated heterocycles. The summed E-state index contributed by atoms with van der Waals surface area (Å²) in [5.74, 6) is 0. The summed E-state index contributed by atoms with van der Waals surface area (Å²) in [6.45, 7) is 4.76. The van der Waals surface area contributed by atoms with E-state index in [0.29, 0.717) is 0 Å². The molecule has 18 rings (SSSR count). The number of benzene rings is 13. The highest BCUT2D eigenvalue weighted by molar-refractivity contribution is 6.27. The first-order chi connectivity index (χ1) is 39.4. The van der Waals surface area contributed by atoms with Crippen molar-refractivity contribution in [3.05, 3.63) is 272 Å². The second kappa shape index (κ2) is 15.9. The summed E-state index contributed by atoms with van der Waals surface area (Å²) in [6.07, 6.45) is 0. The third-order valence-corrected chi connectivity index (χ3v) is 18.3. The van der Waals surface area contributed by atoms with Gasteiger partial charge >= 0.3 is 0 Å². The molecule has 0 radical (unpaired) electrons. The van der Waals surface area contributed by atoms with E-state index in [4.69, 9.17) is 0 Å². The Balaban J connectivity index is 0.838. The van der Waals surface area contributed by atoms with Crippen molar-refractivity contribution in [1.82, 2.24) is 13.5 Å². The highest BCUT2D eigenvalue weighted by Gasteiger charge is 2.35. The van der Waals surface area contributed by atoms with Gasteiger partial charge < -0.3 is 13.5 Å². The zero-order chi connectivity index (χ0) is 52.5. The van der Waals surface area contributed by atoms with Crippen molar-refractivity contribution in [3.8, 4) is 55.9 Å². The molecule has 4 aromatic heterocycles. The van der Waals surface area contributed by atoms with Crippen LogP contribution in [0.2, 0.25) is 0 Å². The molecule has 1 aliphatic carbocycles. The maximum Gasteiger partial charge on any atom is 0.0620 e. The predicted octanol–water partition coefficient (Wildman–Crippen LogP) is 20.6. The summed E-state index contributed by atoms with van der Waals surface area (Å²) in [7, 11) is 0. The third kappa shape index (κ3) is 6.04. The number of fused-ring (bicyclic) bond motifs is 17. The first-order valence-corrected chi connectivity index (χ1v) is 28.0. The van der Waals surface area contributed by atoms with Crippen molar-refractivity contribution in [3.63, 3.8) is 0 Å². The predicted molar refractivity (Wildman–Crippen MR) is 339 cm³/mol. The van der Waals surface area contributed by atoms with E-state index in [0.717, 1.165) is 0 Å². The van der Waals surface area contributed by atoms with Gasteiger partial charge in [-0.15, -0.1) is 0 Å². The topological polar surface area (TPSA) is 14.3 Å². The van der Waals surface area contributed by atoms with Gasteiger partial charge in [-0.1, -0.05) is 159 Å². The standard InChI is InChI=1S/C77H49N3/c1-77(2)68-22-12-9-19-58(68)59-32-29-52(43-69(59)77)55-41-66-64-39-50-27-25-46(48-30-33-72-62(37-48)60-20-10-13-23-70(60)78(72)56-15-5-3-6-16-56)35-53(50)44-74(64)80-75-45-54-36-47(26-28-51(54)40-65(75)67(42-55)76(66)80)49-31-34-73-63(38-49)61-21-11-14-24-71(61)79(73)57-17-7-4-8-18-57/h3-45H,1-2H3. The lowest BCUT2D eigenvalue weighted by atomic mass is 9.81. The van der Waals surface area contributed by atoms with Gasteiger partial charge in [0.15, 0.2) is 0 Å². The molecular weight excluding hydrogens is 967 g/mol. The number of hydrogen-bond acceptors (Lipinski definition) is 0. The first kappa shape index (κ1) is 43.8. The van der Waals surface area contributed by atoms with E-state index >= 15 is 0 Å². The Labute approximate surface area is 461 Å². The third-order valence-electron chi connectivity index (χ3n) is 18.3. The monoisotopic (exact) mass is 1020 g/mol. The summed E-state index contributed by atoms with van der Waals surface area (Å²) < 4.78 is 7.36. The maximum atomic E-state index is 2.58. The molecule has 0 aliphatic heterocycles. The molecule has 0 spiro atoms. The van der Waals surface area contributed by atoms with Crippen LogP contribution < -0.4 is 0 Å². The zero-order valence-electron chi connectivity index (χ0n) is 44.2. The van der Waals surface area contributed by atoms with Gasteiger partial charge in [-0.2, -0.15) is 0 Å². The quantitative estimate of drug-likeness (QED) is 0.163. The Morgan fingerprint density at radius 2 is 0.662 bits per heavy atom. The highest BCUT2D eigenvalue weighted by atomic mass is 15.0. The minimum Gasteiger partial charge on any atom is -0.309 e. The normalized spacial score (nSPS) is 13.2. The van der Waals surface area contributed by atoms with E-state index in [-0.39, 0.29) is 5.41 Å². The number of rotatable bonds is 5. The summed E-state index contributed by atoms with van der Waals surface area (Å²) in [4.78, 5) is 0. The van der Waals surface area contributed by atoms with Crippen molar-refractivity contribution >= 4 is 103 Å². The van der Waals surface area contributed by atoms with Crippen LogP contribution in [-0.4, -0.2) is 13.5 Å². The SMILES string of the molecule is CC1(C)c2ccccc2-c2ccc(-c3cc4c5cc6ccc(-c7ccc8c(c7)c7ccccc7n8-c7ccccc7)cc6cc5n5c6cc7cc(-c8ccc9c(c8)c8ccccc8n9-c8ccccc8)ccc7cc6c(c3)c45)cc21. The van der Waals surface area contributed by atoms with E-state index in [1.54, 1.807) is 0 Å². The van der Waals surface area contributed by atoms with E-state index in [1.165, 1.54) is 170 Å². The number of hydrogen-bond donors (Lipinski definition) is 0. The Bertz CT molecular complexity index is 5210. The van der Waals surface area contributed by atoms with E-state index in [9.17, 15) is 0 Å². The maximum absolute atomic E-state index is 2.58. The van der Waals surface area contributed by atoms with Crippen LogP contribution >= 0.6 is 0 Å². The van der Waals surface area contributed by atoms with Crippen LogP contribution in [0.15, 0.2) is 261 Å². The molecule has 0 N–H and O–H groups in total. The molecular formula is C77H49N3. The molecule has 0 bridgehead atoms. The van der Waals surface area contributed by atoms with Crippen molar-refractivity contribution in [2.24, 2.45) is 0 Å². The van der Waals surface area contributed by atoms with Crippen LogP contribution in [0.3, 0.4) is 0 Å². The van der Waals surface area contributed by atoms with E-state index in [1.807, 2.05) is 0 Å². The summed E-state index contributed by atoms with van der Waals surface area (Å²) in [5.41, 5.74) is 23.6. The Hall–Kier alpha value is -10.2. The average molecular weight is 1020 g/mol. The smallest absolute Gasteiger partial charge is 0.0620 e.